The topological polar surface area (TPSA) is 92.6 Å². The molecule has 1 atom stereocenters. The molecule has 1 aliphatic heterocycles. The lowest BCUT2D eigenvalue weighted by atomic mass is 9.95. The maximum Gasteiger partial charge on any atom is 0.301 e. The summed E-state index contributed by atoms with van der Waals surface area (Å²) in [6, 6.07) is 29.0. The summed E-state index contributed by atoms with van der Waals surface area (Å²) in [5.74, 6) is -0.664. The molecular weight excluding hydrogens is 626 g/mol. The minimum atomic E-state index is -0.892. The van der Waals surface area contributed by atoms with Crippen LogP contribution in [-0.4, -0.2) is 27.0 Å². The predicted octanol–water partition coefficient (Wildman–Crippen LogP) is 8.31. The van der Waals surface area contributed by atoms with Crippen LogP contribution in [0.15, 0.2) is 107 Å². The average Bonchev–Trinajstić information content (AvgIpc) is 3.62. The average molecular weight is 654 g/mol. The number of hydrogen-bond acceptors (Lipinski definition) is 8. The van der Waals surface area contributed by atoms with Gasteiger partial charge in [-0.1, -0.05) is 107 Å². The highest BCUT2D eigenvalue weighted by Crippen LogP contribution is 2.44. The van der Waals surface area contributed by atoms with Gasteiger partial charge in [-0.25, -0.2) is 0 Å². The molecule has 5 aromatic rings. The summed E-state index contributed by atoms with van der Waals surface area (Å²) in [4.78, 5) is 28.5. The number of benzene rings is 4. The van der Waals surface area contributed by atoms with Crippen LogP contribution in [-0.2, 0) is 21.9 Å². The summed E-state index contributed by atoms with van der Waals surface area (Å²) in [5.41, 5.74) is 5.22. The Kier molecular flexibility index (Phi) is 9.02. The lowest BCUT2D eigenvalue weighted by Gasteiger charge is -2.22. The molecule has 1 saturated heterocycles. The molecule has 0 radical (unpaired) electrons. The molecule has 1 N–H and O–H groups in total. The number of aliphatic hydroxyl groups is 1. The van der Waals surface area contributed by atoms with Gasteiger partial charge in [0.2, 0.25) is 5.13 Å². The molecule has 2 heterocycles. The number of amides is 1. The molecule has 1 aliphatic rings. The smallest absolute Gasteiger partial charge is 0.301 e. The van der Waals surface area contributed by atoms with Gasteiger partial charge in [-0.15, -0.1) is 10.2 Å². The Bertz CT molecular complexity index is 1910. The van der Waals surface area contributed by atoms with Crippen LogP contribution in [0.5, 0.6) is 5.75 Å². The van der Waals surface area contributed by atoms with Crippen molar-refractivity contribution in [1.29, 1.82) is 0 Å². The van der Waals surface area contributed by atoms with E-state index in [1.54, 1.807) is 24.3 Å². The molecule has 1 unspecified atom stereocenters. The highest BCUT2D eigenvalue weighted by molar-refractivity contribution is 8.00. The Hall–Kier alpha value is -4.44. The van der Waals surface area contributed by atoms with Crippen LogP contribution >= 0.6 is 34.7 Å². The molecule has 1 fully saturated rings. The lowest BCUT2D eigenvalue weighted by molar-refractivity contribution is -0.132. The number of carbonyl (C=O) groups is 2. The molecule has 0 saturated carbocycles. The molecule has 0 bridgehead atoms. The molecule has 1 amide bonds. The number of thioether (sulfide) groups is 1. The molecule has 0 spiro atoms. The van der Waals surface area contributed by atoms with Gasteiger partial charge in [0, 0.05) is 16.3 Å². The van der Waals surface area contributed by atoms with E-state index in [1.165, 1.54) is 28.0 Å². The van der Waals surface area contributed by atoms with Crippen LogP contribution in [0.25, 0.3) is 5.76 Å². The molecule has 6 rings (SSSR count). The highest BCUT2D eigenvalue weighted by Gasteiger charge is 2.48. The number of carbonyl (C=O) groups excluding carboxylic acids is 2. The maximum atomic E-state index is 13.6. The molecule has 10 heteroatoms. The van der Waals surface area contributed by atoms with E-state index in [0.717, 1.165) is 22.3 Å². The van der Waals surface area contributed by atoms with E-state index >= 15 is 0 Å². The quantitative estimate of drug-likeness (QED) is 0.0562. The maximum absolute atomic E-state index is 13.6. The zero-order valence-corrected chi connectivity index (χ0v) is 26.8. The Morgan fingerprint density at radius 2 is 1.60 bits per heavy atom. The number of anilines is 1. The molecule has 45 heavy (non-hydrogen) atoms. The van der Waals surface area contributed by atoms with Gasteiger partial charge < -0.3 is 9.84 Å². The Labute approximate surface area is 274 Å². The van der Waals surface area contributed by atoms with Crippen molar-refractivity contribution in [2.45, 2.75) is 36.6 Å². The van der Waals surface area contributed by atoms with E-state index in [-0.39, 0.29) is 16.5 Å². The third-order valence-corrected chi connectivity index (χ3v) is 10.0. The first-order chi connectivity index (χ1) is 21.8. The second kappa shape index (κ2) is 13.3. The molecule has 226 valence electrons. The van der Waals surface area contributed by atoms with Crippen LogP contribution in [0.2, 0.25) is 5.02 Å². The van der Waals surface area contributed by atoms with Crippen molar-refractivity contribution in [2.24, 2.45) is 0 Å². The van der Waals surface area contributed by atoms with Gasteiger partial charge in [0.25, 0.3) is 5.78 Å². The second-order valence-corrected chi connectivity index (χ2v) is 13.1. The van der Waals surface area contributed by atoms with Crippen molar-refractivity contribution >= 4 is 57.3 Å². The number of Topliss-reactive ketones (excluding diaryl/α,β-unsaturated/α-hetero) is 1. The number of nitrogens with zero attached hydrogens (tertiary/aromatic N) is 3. The standard InChI is InChI=1S/C35H28ClN3O4S2/c1-21-11-13-23(14-12-21)30-29(31(40)24-15-17-27(18-16-24)43-19-25-8-4-3-7-22(25)2)32(41)33(42)39(30)34-37-38-35(45-34)44-20-26-9-5-6-10-28(26)36/h3-18,30,40H,19-20H2,1-2H3/b31-29+. The summed E-state index contributed by atoms with van der Waals surface area (Å²) in [6.07, 6.45) is 0. The van der Waals surface area contributed by atoms with Gasteiger partial charge in [0.15, 0.2) is 4.34 Å². The Morgan fingerprint density at radius 3 is 2.31 bits per heavy atom. The summed E-state index contributed by atoms with van der Waals surface area (Å²) in [6.45, 7) is 4.38. The van der Waals surface area contributed by atoms with Gasteiger partial charge >= 0.3 is 5.91 Å². The fourth-order valence-electron chi connectivity index (χ4n) is 5.00. The first kappa shape index (κ1) is 30.6. The monoisotopic (exact) mass is 653 g/mol. The summed E-state index contributed by atoms with van der Waals surface area (Å²) < 4.78 is 6.58. The van der Waals surface area contributed by atoms with E-state index < -0.39 is 17.7 Å². The second-order valence-electron chi connectivity index (χ2n) is 10.5. The van der Waals surface area contributed by atoms with Crippen molar-refractivity contribution in [2.75, 3.05) is 4.90 Å². The number of aromatic nitrogens is 2. The minimum Gasteiger partial charge on any atom is -0.507 e. The summed E-state index contributed by atoms with van der Waals surface area (Å²) in [7, 11) is 0. The van der Waals surface area contributed by atoms with E-state index in [4.69, 9.17) is 16.3 Å². The van der Waals surface area contributed by atoms with Crippen molar-refractivity contribution in [3.05, 3.63) is 141 Å². The van der Waals surface area contributed by atoms with Crippen LogP contribution in [0.3, 0.4) is 0 Å². The summed E-state index contributed by atoms with van der Waals surface area (Å²) >= 11 is 8.96. The van der Waals surface area contributed by atoms with Crippen molar-refractivity contribution in [3.8, 4) is 5.75 Å². The lowest BCUT2D eigenvalue weighted by Crippen LogP contribution is -2.29. The van der Waals surface area contributed by atoms with Crippen molar-refractivity contribution < 1.29 is 19.4 Å². The van der Waals surface area contributed by atoms with Crippen molar-refractivity contribution in [1.82, 2.24) is 10.2 Å². The van der Waals surface area contributed by atoms with Crippen LogP contribution in [0.4, 0.5) is 5.13 Å². The van der Waals surface area contributed by atoms with Gasteiger partial charge in [-0.3, -0.25) is 14.5 Å². The van der Waals surface area contributed by atoms with Crippen LogP contribution < -0.4 is 9.64 Å². The Balaban J connectivity index is 1.30. The van der Waals surface area contributed by atoms with Gasteiger partial charge in [-0.2, -0.15) is 0 Å². The fraction of sp³-hybridized carbons (Fsp3) is 0.143. The fourth-order valence-corrected chi connectivity index (χ4v) is 7.16. The largest absolute Gasteiger partial charge is 0.507 e. The number of rotatable bonds is 9. The number of ketones is 1. The summed E-state index contributed by atoms with van der Waals surface area (Å²) in [5, 5.41) is 21.0. The molecule has 0 aliphatic carbocycles. The van der Waals surface area contributed by atoms with E-state index in [2.05, 4.69) is 10.2 Å². The number of ether oxygens (including phenoxy) is 1. The minimum absolute atomic E-state index is 0.0158. The third-order valence-electron chi connectivity index (χ3n) is 7.53. The first-order valence-corrected chi connectivity index (χ1v) is 16.3. The molecule has 1 aromatic heterocycles. The number of aryl methyl sites for hydroxylation is 2. The van der Waals surface area contributed by atoms with Gasteiger partial charge in [0.1, 0.15) is 18.1 Å². The van der Waals surface area contributed by atoms with E-state index in [0.29, 0.717) is 38.6 Å². The zero-order valence-electron chi connectivity index (χ0n) is 24.4. The van der Waals surface area contributed by atoms with Gasteiger partial charge in [0.05, 0.1) is 11.6 Å². The Morgan fingerprint density at radius 1 is 0.911 bits per heavy atom. The predicted molar refractivity (Wildman–Crippen MR) is 179 cm³/mol. The highest BCUT2D eigenvalue weighted by atomic mass is 35.5. The SMILES string of the molecule is Cc1ccc(C2/C(=C(\O)c3ccc(OCc4ccccc4C)cc3)C(=O)C(=O)N2c2nnc(SCc3ccccc3Cl)s2)cc1. The zero-order chi connectivity index (χ0) is 31.5. The molecule has 4 aromatic carbocycles. The van der Waals surface area contributed by atoms with E-state index in [9.17, 15) is 14.7 Å². The van der Waals surface area contributed by atoms with Crippen molar-refractivity contribution in [3.63, 3.8) is 0 Å². The molecular formula is C35H28ClN3O4S2. The first-order valence-electron chi connectivity index (χ1n) is 14.1. The molecule has 7 nitrogen and oxygen atoms in total. The van der Waals surface area contributed by atoms with E-state index in [1.807, 2.05) is 86.6 Å². The normalized spacial score (nSPS) is 15.9. The van der Waals surface area contributed by atoms with Crippen LogP contribution in [0.1, 0.15) is 39.4 Å². The third kappa shape index (κ3) is 6.51. The van der Waals surface area contributed by atoms with Crippen LogP contribution in [0, 0.1) is 13.8 Å². The van der Waals surface area contributed by atoms with Gasteiger partial charge in [-0.05, 0) is 66.4 Å². The number of aliphatic hydroxyl groups excluding tert-OH is 1. The number of hydrogen-bond donors (Lipinski definition) is 1. The number of halogens is 1.